The number of carbonyl (C=O) groups is 1. The molecular weight excluding hydrogens is 330 g/mol. The zero-order chi connectivity index (χ0) is 18.3. The largest absolute Gasteiger partial charge is 0.500 e. The average molecular weight is 364 g/mol. The summed E-state index contributed by atoms with van der Waals surface area (Å²) in [6, 6.07) is 0.654. The highest BCUT2D eigenvalue weighted by Gasteiger charge is 2.39. The first kappa shape index (κ1) is 22.9. The molecular formula is C16H33NO6Si. The first-order chi connectivity index (χ1) is 11.6. The molecule has 8 heteroatoms. The molecule has 0 radical (unpaired) electrons. The summed E-state index contributed by atoms with van der Waals surface area (Å²) in [5, 5.41) is 0. The Morgan fingerprint density at radius 1 is 1.00 bits per heavy atom. The van der Waals surface area contributed by atoms with E-state index in [9.17, 15) is 4.79 Å². The number of hydrogen-bond donors (Lipinski definition) is 0. The van der Waals surface area contributed by atoms with Crippen LogP contribution in [0.4, 0.5) is 4.79 Å². The molecule has 0 fully saturated rings. The van der Waals surface area contributed by atoms with Gasteiger partial charge < -0.3 is 27.7 Å². The van der Waals surface area contributed by atoms with Gasteiger partial charge in [0.2, 0.25) is 0 Å². The van der Waals surface area contributed by atoms with Gasteiger partial charge in [0.15, 0.2) is 0 Å². The summed E-state index contributed by atoms with van der Waals surface area (Å²) >= 11 is 0. The summed E-state index contributed by atoms with van der Waals surface area (Å²) in [5.74, 6) is 0. The molecule has 0 saturated heterocycles. The Bertz CT molecular complexity index is 326. The molecule has 0 aromatic rings. The van der Waals surface area contributed by atoms with Crippen LogP contribution in [-0.4, -0.2) is 65.9 Å². The highest BCUT2D eigenvalue weighted by atomic mass is 28.4. The lowest BCUT2D eigenvalue weighted by atomic mass is 10.4. The normalized spacial score (nSPS) is 11.2. The quantitative estimate of drug-likeness (QED) is 0.253. The summed E-state index contributed by atoms with van der Waals surface area (Å²) in [7, 11) is -2.68. The summed E-state index contributed by atoms with van der Waals surface area (Å²) in [5.41, 5.74) is 0. The second-order valence-electron chi connectivity index (χ2n) is 4.81. The van der Waals surface area contributed by atoms with Gasteiger partial charge in [-0.2, -0.15) is 0 Å². The average Bonchev–Trinajstić information content (AvgIpc) is 2.54. The lowest BCUT2D eigenvalue weighted by Gasteiger charge is -2.29. The lowest BCUT2D eigenvalue weighted by Crippen LogP contribution is -2.46. The van der Waals surface area contributed by atoms with Crippen LogP contribution in [0.15, 0.2) is 12.8 Å². The van der Waals surface area contributed by atoms with Crippen molar-refractivity contribution in [3.63, 3.8) is 0 Å². The Balaban J connectivity index is 4.65. The summed E-state index contributed by atoms with van der Waals surface area (Å²) in [6.07, 6.45) is 1.72. The Morgan fingerprint density at radius 2 is 1.58 bits per heavy atom. The first-order valence-electron chi connectivity index (χ1n) is 8.65. The van der Waals surface area contributed by atoms with E-state index in [1.165, 1.54) is 6.26 Å². The van der Waals surface area contributed by atoms with Gasteiger partial charge in [0.25, 0.3) is 0 Å². The molecule has 0 aliphatic heterocycles. The standard InChI is InChI=1S/C16H33NO6Si/c1-6-19-14-13-17(16(18)20-7-2)12-11-15-24(21-8-3,22-9-4)23-10-5/h6H,1,7-15H2,2-5H3. The van der Waals surface area contributed by atoms with Crippen molar-refractivity contribution in [2.24, 2.45) is 0 Å². The van der Waals surface area contributed by atoms with Crippen LogP contribution < -0.4 is 0 Å². The topological polar surface area (TPSA) is 66.5 Å². The van der Waals surface area contributed by atoms with Gasteiger partial charge in [0, 0.05) is 32.4 Å². The Labute approximate surface area is 147 Å². The molecule has 0 unspecified atom stereocenters. The minimum absolute atomic E-state index is 0.340. The molecule has 0 heterocycles. The van der Waals surface area contributed by atoms with E-state index in [4.69, 9.17) is 22.8 Å². The number of nitrogens with zero attached hydrogens (tertiary/aromatic N) is 1. The zero-order valence-corrected chi connectivity index (χ0v) is 16.5. The van der Waals surface area contributed by atoms with E-state index in [1.54, 1.807) is 11.8 Å². The van der Waals surface area contributed by atoms with E-state index in [0.717, 1.165) is 0 Å². The van der Waals surface area contributed by atoms with Crippen molar-refractivity contribution >= 4 is 14.9 Å². The van der Waals surface area contributed by atoms with Gasteiger partial charge in [0.05, 0.1) is 19.4 Å². The van der Waals surface area contributed by atoms with Crippen LogP contribution in [0.1, 0.15) is 34.1 Å². The highest BCUT2D eigenvalue weighted by molar-refractivity contribution is 6.60. The maximum atomic E-state index is 12.0. The summed E-state index contributed by atoms with van der Waals surface area (Å²) in [4.78, 5) is 13.6. The molecule has 0 aliphatic rings. The predicted octanol–water partition coefficient (Wildman–Crippen LogP) is 3.04. The zero-order valence-electron chi connectivity index (χ0n) is 15.5. The Hall–Kier alpha value is -1.09. The molecule has 1 amide bonds. The first-order valence-corrected chi connectivity index (χ1v) is 10.6. The van der Waals surface area contributed by atoms with Crippen LogP contribution in [0.5, 0.6) is 0 Å². The van der Waals surface area contributed by atoms with Crippen LogP contribution in [0.2, 0.25) is 6.04 Å². The van der Waals surface area contributed by atoms with Gasteiger partial charge in [0.1, 0.15) is 6.61 Å². The van der Waals surface area contributed by atoms with E-state index >= 15 is 0 Å². The molecule has 0 rings (SSSR count). The molecule has 7 nitrogen and oxygen atoms in total. The van der Waals surface area contributed by atoms with Crippen LogP contribution >= 0.6 is 0 Å². The van der Waals surface area contributed by atoms with Crippen LogP contribution in [-0.2, 0) is 22.8 Å². The van der Waals surface area contributed by atoms with E-state index in [2.05, 4.69) is 6.58 Å². The maximum absolute atomic E-state index is 12.0. The second-order valence-corrected chi connectivity index (χ2v) is 7.54. The van der Waals surface area contributed by atoms with Crippen LogP contribution in [0.3, 0.4) is 0 Å². The second kappa shape index (κ2) is 14.3. The third-order valence-electron chi connectivity index (χ3n) is 3.13. The lowest BCUT2D eigenvalue weighted by molar-refractivity contribution is 0.0679. The maximum Gasteiger partial charge on any atom is 0.500 e. The molecule has 142 valence electrons. The Kier molecular flexibility index (Phi) is 13.6. The minimum Gasteiger partial charge on any atom is -0.500 e. The van der Waals surface area contributed by atoms with Gasteiger partial charge in [-0.05, 0) is 34.1 Å². The van der Waals surface area contributed by atoms with E-state index in [0.29, 0.717) is 58.6 Å². The number of amides is 1. The van der Waals surface area contributed by atoms with E-state index < -0.39 is 8.80 Å². The highest BCUT2D eigenvalue weighted by Crippen LogP contribution is 2.18. The van der Waals surface area contributed by atoms with Crippen LogP contribution in [0.25, 0.3) is 0 Å². The Morgan fingerprint density at radius 3 is 2.04 bits per heavy atom. The van der Waals surface area contributed by atoms with Gasteiger partial charge in [-0.1, -0.05) is 6.58 Å². The van der Waals surface area contributed by atoms with Crippen LogP contribution in [0, 0.1) is 0 Å². The molecule has 0 N–H and O–H groups in total. The summed E-state index contributed by atoms with van der Waals surface area (Å²) < 4.78 is 27.6. The number of hydrogen-bond acceptors (Lipinski definition) is 6. The molecule has 0 aromatic carbocycles. The molecule has 0 saturated carbocycles. The van der Waals surface area contributed by atoms with Crippen molar-refractivity contribution in [2.45, 2.75) is 40.2 Å². The number of carbonyl (C=O) groups excluding carboxylic acids is 1. The number of rotatable bonds is 15. The molecule has 0 aromatic heterocycles. The fraction of sp³-hybridized carbons (Fsp3) is 0.812. The van der Waals surface area contributed by atoms with Crippen molar-refractivity contribution in [1.29, 1.82) is 0 Å². The van der Waals surface area contributed by atoms with Crippen molar-refractivity contribution in [3.05, 3.63) is 12.8 Å². The van der Waals surface area contributed by atoms with Gasteiger partial charge in [-0.25, -0.2) is 4.79 Å². The minimum atomic E-state index is -2.68. The monoisotopic (exact) mass is 363 g/mol. The smallest absolute Gasteiger partial charge is 0.500 e. The van der Waals surface area contributed by atoms with Crippen molar-refractivity contribution in [3.8, 4) is 0 Å². The van der Waals surface area contributed by atoms with Gasteiger partial charge in [-0.15, -0.1) is 0 Å². The van der Waals surface area contributed by atoms with Crippen molar-refractivity contribution < 1.29 is 27.5 Å². The third kappa shape index (κ3) is 9.26. The molecule has 0 bridgehead atoms. The fourth-order valence-corrected chi connectivity index (χ4v) is 4.84. The van der Waals surface area contributed by atoms with E-state index in [-0.39, 0.29) is 6.09 Å². The predicted molar refractivity (Wildman–Crippen MR) is 94.8 cm³/mol. The molecule has 0 atom stereocenters. The van der Waals surface area contributed by atoms with Gasteiger partial charge in [-0.3, -0.25) is 0 Å². The van der Waals surface area contributed by atoms with Crippen molar-refractivity contribution in [2.75, 3.05) is 46.1 Å². The molecule has 0 aliphatic carbocycles. The summed E-state index contributed by atoms with van der Waals surface area (Å²) in [6.45, 7) is 14.4. The SMILES string of the molecule is C=COCCN(CCC[Si](OCC)(OCC)OCC)C(=O)OCC. The third-order valence-corrected chi connectivity index (χ3v) is 6.28. The molecule has 0 spiro atoms. The number of ether oxygens (including phenoxy) is 2. The fourth-order valence-electron chi connectivity index (χ4n) is 2.24. The van der Waals surface area contributed by atoms with Gasteiger partial charge >= 0.3 is 14.9 Å². The van der Waals surface area contributed by atoms with Crippen molar-refractivity contribution in [1.82, 2.24) is 4.90 Å². The van der Waals surface area contributed by atoms with E-state index in [1.807, 2.05) is 20.8 Å². The molecule has 24 heavy (non-hydrogen) atoms.